The lowest BCUT2D eigenvalue weighted by molar-refractivity contribution is 0.255. The zero-order valence-corrected chi connectivity index (χ0v) is 9.52. The van der Waals surface area contributed by atoms with Crippen LogP contribution in [-0.4, -0.2) is 53.9 Å². The molecule has 0 spiro atoms. The molecule has 90 valence electrons. The van der Waals surface area contributed by atoms with Crippen LogP contribution in [0.1, 0.15) is 19.3 Å². The molecule has 0 amide bonds. The molecule has 2 aliphatic rings. The molecule has 0 bridgehead atoms. The van der Waals surface area contributed by atoms with E-state index in [0.717, 1.165) is 26.1 Å². The van der Waals surface area contributed by atoms with Crippen molar-refractivity contribution in [3.8, 4) is 0 Å². The largest absolute Gasteiger partial charge is 0.370 e. The van der Waals surface area contributed by atoms with Crippen LogP contribution in [0.2, 0.25) is 0 Å². The highest BCUT2D eigenvalue weighted by Gasteiger charge is 2.29. The third kappa shape index (κ3) is 2.44. The number of aliphatic imine (C=N–C) groups is 1. The number of rotatable bonds is 0. The van der Waals surface area contributed by atoms with Gasteiger partial charge >= 0.3 is 0 Å². The van der Waals surface area contributed by atoms with E-state index in [2.05, 4.69) is 9.89 Å². The molecule has 0 aliphatic carbocycles. The number of hydrogen-bond donors (Lipinski definition) is 3. The van der Waals surface area contributed by atoms with Crippen molar-refractivity contribution in [2.45, 2.75) is 25.3 Å². The summed E-state index contributed by atoms with van der Waals surface area (Å²) in [6, 6.07) is 0.581. The Kier molecular flexibility index (Phi) is 3.28. The van der Waals surface area contributed by atoms with Gasteiger partial charge in [-0.2, -0.15) is 4.99 Å². The molecule has 0 radical (unpaired) electrons. The van der Waals surface area contributed by atoms with Gasteiger partial charge in [0.1, 0.15) is 0 Å². The van der Waals surface area contributed by atoms with Gasteiger partial charge in [0.2, 0.25) is 5.96 Å². The zero-order valence-electron chi connectivity index (χ0n) is 9.52. The maximum atomic E-state index is 7.82. The molecule has 2 fully saturated rings. The van der Waals surface area contributed by atoms with Gasteiger partial charge in [-0.05, 0) is 25.8 Å². The highest BCUT2D eigenvalue weighted by Crippen LogP contribution is 2.21. The Morgan fingerprint density at radius 3 is 2.69 bits per heavy atom. The maximum absolute atomic E-state index is 7.82. The Labute approximate surface area is 95.8 Å². The number of nitrogens with zero attached hydrogens (tertiary/aromatic N) is 3. The Morgan fingerprint density at radius 2 is 1.94 bits per heavy atom. The van der Waals surface area contributed by atoms with Gasteiger partial charge in [-0.3, -0.25) is 10.3 Å². The molecular weight excluding hydrogens is 204 g/mol. The van der Waals surface area contributed by atoms with Gasteiger partial charge < -0.3 is 16.4 Å². The van der Waals surface area contributed by atoms with E-state index < -0.39 is 0 Å². The molecule has 6 heteroatoms. The van der Waals surface area contributed by atoms with Gasteiger partial charge in [-0.1, -0.05) is 0 Å². The molecule has 16 heavy (non-hydrogen) atoms. The normalized spacial score (nSPS) is 26.0. The van der Waals surface area contributed by atoms with Crippen LogP contribution in [0.25, 0.3) is 0 Å². The maximum Gasteiger partial charge on any atom is 0.221 e. The van der Waals surface area contributed by atoms with Gasteiger partial charge in [-0.25, -0.2) is 0 Å². The summed E-state index contributed by atoms with van der Waals surface area (Å²) in [4.78, 5) is 8.32. The second-order valence-electron chi connectivity index (χ2n) is 4.49. The first-order chi connectivity index (χ1) is 7.66. The molecule has 2 saturated heterocycles. The van der Waals surface area contributed by atoms with Crippen molar-refractivity contribution in [2.24, 2.45) is 16.5 Å². The minimum atomic E-state index is -0.0301. The van der Waals surface area contributed by atoms with Gasteiger partial charge in [-0.15, -0.1) is 0 Å². The molecule has 2 aliphatic heterocycles. The van der Waals surface area contributed by atoms with Crippen LogP contribution in [0.5, 0.6) is 0 Å². The lowest BCUT2D eigenvalue weighted by atomic mass is 10.2. The van der Waals surface area contributed by atoms with E-state index in [1.54, 1.807) is 0 Å². The number of fused-ring (bicyclic) bond motifs is 1. The summed E-state index contributed by atoms with van der Waals surface area (Å²) in [6.07, 6.45) is 3.58. The van der Waals surface area contributed by atoms with Crippen molar-refractivity contribution in [1.82, 2.24) is 9.80 Å². The summed E-state index contributed by atoms with van der Waals surface area (Å²) in [5.74, 6) is 0.172. The lowest BCUT2D eigenvalue weighted by Crippen LogP contribution is -2.40. The topological polar surface area (TPSA) is 94.7 Å². The van der Waals surface area contributed by atoms with Crippen molar-refractivity contribution in [2.75, 3.05) is 26.2 Å². The van der Waals surface area contributed by atoms with E-state index in [4.69, 9.17) is 16.9 Å². The number of nitrogens with two attached hydrogens (primary N) is 2. The monoisotopic (exact) mass is 224 g/mol. The standard InChI is InChI=1S/C10H20N6/c11-9(12)14-10(13)16-6-2-5-15-4-1-3-8(15)7-16/h8H,1-7H2,(H5,11,12,13,14). The fraction of sp³-hybridized carbons (Fsp3) is 0.800. The smallest absolute Gasteiger partial charge is 0.221 e. The SMILES string of the molecule is N=C(N=C(N)N)N1CCCN2CCCC2C1. The minimum Gasteiger partial charge on any atom is -0.370 e. The predicted molar refractivity (Wildman–Crippen MR) is 64.3 cm³/mol. The molecule has 1 atom stereocenters. The Bertz CT molecular complexity index is 296. The second-order valence-corrected chi connectivity index (χ2v) is 4.49. The summed E-state index contributed by atoms with van der Waals surface area (Å²) in [5, 5.41) is 7.82. The van der Waals surface area contributed by atoms with Crippen LogP contribution in [0.4, 0.5) is 0 Å². The summed E-state index contributed by atoms with van der Waals surface area (Å²) < 4.78 is 0. The van der Waals surface area contributed by atoms with Crippen molar-refractivity contribution in [3.63, 3.8) is 0 Å². The molecule has 1 unspecified atom stereocenters. The summed E-state index contributed by atoms with van der Waals surface area (Å²) >= 11 is 0. The van der Waals surface area contributed by atoms with E-state index in [1.807, 2.05) is 4.90 Å². The highest BCUT2D eigenvalue weighted by molar-refractivity contribution is 5.91. The van der Waals surface area contributed by atoms with E-state index >= 15 is 0 Å². The Hall–Kier alpha value is -1.30. The first kappa shape index (κ1) is 11.2. The van der Waals surface area contributed by atoms with Crippen LogP contribution >= 0.6 is 0 Å². The Balaban J connectivity index is 2.00. The molecule has 5 N–H and O–H groups in total. The third-order valence-corrected chi connectivity index (χ3v) is 3.34. The number of hydrogen-bond acceptors (Lipinski definition) is 2. The quantitative estimate of drug-likeness (QED) is 0.377. The fourth-order valence-electron chi connectivity index (χ4n) is 2.59. The van der Waals surface area contributed by atoms with Crippen LogP contribution in [-0.2, 0) is 0 Å². The average Bonchev–Trinajstić information content (AvgIpc) is 2.54. The number of nitrogens with one attached hydrogen (secondary N) is 1. The average molecular weight is 224 g/mol. The molecule has 0 aromatic rings. The van der Waals surface area contributed by atoms with E-state index in [1.165, 1.54) is 19.4 Å². The van der Waals surface area contributed by atoms with Gasteiger partial charge in [0, 0.05) is 25.7 Å². The molecular formula is C10H20N6. The van der Waals surface area contributed by atoms with E-state index in [-0.39, 0.29) is 11.9 Å². The number of guanidine groups is 2. The van der Waals surface area contributed by atoms with Crippen LogP contribution in [0.15, 0.2) is 4.99 Å². The van der Waals surface area contributed by atoms with Gasteiger partial charge in [0.15, 0.2) is 5.96 Å². The molecule has 0 aromatic carbocycles. The summed E-state index contributed by atoms with van der Waals surface area (Å²) in [5.41, 5.74) is 10.6. The second kappa shape index (κ2) is 4.69. The van der Waals surface area contributed by atoms with Crippen molar-refractivity contribution < 1.29 is 0 Å². The predicted octanol–water partition coefficient (Wildman–Crippen LogP) is -0.635. The van der Waals surface area contributed by atoms with Crippen molar-refractivity contribution in [3.05, 3.63) is 0 Å². The van der Waals surface area contributed by atoms with Crippen molar-refractivity contribution in [1.29, 1.82) is 5.41 Å². The zero-order chi connectivity index (χ0) is 11.5. The first-order valence-corrected chi connectivity index (χ1v) is 5.84. The minimum absolute atomic E-state index is 0.0301. The van der Waals surface area contributed by atoms with Crippen LogP contribution in [0, 0.1) is 5.41 Å². The van der Waals surface area contributed by atoms with Gasteiger partial charge in [0.25, 0.3) is 0 Å². The molecule has 0 aromatic heterocycles. The van der Waals surface area contributed by atoms with Crippen LogP contribution < -0.4 is 11.5 Å². The summed E-state index contributed by atoms with van der Waals surface area (Å²) in [7, 11) is 0. The first-order valence-electron chi connectivity index (χ1n) is 5.84. The molecule has 6 nitrogen and oxygen atoms in total. The molecule has 0 saturated carbocycles. The van der Waals surface area contributed by atoms with Crippen LogP contribution in [0.3, 0.4) is 0 Å². The van der Waals surface area contributed by atoms with Gasteiger partial charge in [0.05, 0.1) is 0 Å². The van der Waals surface area contributed by atoms with E-state index in [9.17, 15) is 0 Å². The van der Waals surface area contributed by atoms with E-state index in [0.29, 0.717) is 6.04 Å². The third-order valence-electron chi connectivity index (χ3n) is 3.34. The highest BCUT2D eigenvalue weighted by atomic mass is 15.3. The summed E-state index contributed by atoms with van der Waals surface area (Å²) in [6.45, 7) is 4.10. The lowest BCUT2D eigenvalue weighted by Gasteiger charge is -2.25. The van der Waals surface area contributed by atoms with Crippen molar-refractivity contribution >= 4 is 11.9 Å². The Morgan fingerprint density at radius 1 is 1.19 bits per heavy atom. The fourth-order valence-corrected chi connectivity index (χ4v) is 2.59. The molecule has 2 heterocycles. The molecule has 2 rings (SSSR count).